The maximum absolute atomic E-state index is 12.2. The maximum Gasteiger partial charge on any atom is 0.228 e. The molecule has 1 atom stereocenters. The molecule has 3 heterocycles. The zero-order valence-electron chi connectivity index (χ0n) is 11.1. The van der Waals surface area contributed by atoms with Crippen LogP contribution >= 0.6 is 0 Å². The van der Waals surface area contributed by atoms with Crippen LogP contribution in [0.15, 0.2) is 22.8 Å². The molecule has 2 aliphatic heterocycles. The SMILES string of the molecule is O=C([C@H]1CCOC1)N1CCN(Cc2ccco2)CC1. The van der Waals surface area contributed by atoms with Crippen LogP contribution < -0.4 is 0 Å². The van der Waals surface area contributed by atoms with Crippen LogP contribution in [0.1, 0.15) is 12.2 Å². The van der Waals surface area contributed by atoms with Gasteiger partial charge in [-0.1, -0.05) is 0 Å². The fourth-order valence-corrected chi connectivity index (χ4v) is 2.74. The van der Waals surface area contributed by atoms with Crippen molar-refractivity contribution in [2.45, 2.75) is 13.0 Å². The molecular weight excluding hydrogens is 244 g/mol. The van der Waals surface area contributed by atoms with Crippen LogP contribution in [0.2, 0.25) is 0 Å². The van der Waals surface area contributed by atoms with Gasteiger partial charge in [0.2, 0.25) is 5.91 Å². The van der Waals surface area contributed by atoms with Crippen molar-refractivity contribution in [3.8, 4) is 0 Å². The molecule has 5 nitrogen and oxygen atoms in total. The van der Waals surface area contributed by atoms with Crippen molar-refractivity contribution in [2.24, 2.45) is 5.92 Å². The van der Waals surface area contributed by atoms with E-state index in [0.717, 1.165) is 51.5 Å². The van der Waals surface area contributed by atoms with Gasteiger partial charge in [0.1, 0.15) is 5.76 Å². The fraction of sp³-hybridized carbons (Fsp3) is 0.643. The fourth-order valence-electron chi connectivity index (χ4n) is 2.74. The van der Waals surface area contributed by atoms with E-state index in [1.54, 1.807) is 6.26 Å². The summed E-state index contributed by atoms with van der Waals surface area (Å²) in [6, 6.07) is 3.91. The Labute approximate surface area is 113 Å². The Hall–Kier alpha value is -1.33. The van der Waals surface area contributed by atoms with E-state index in [2.05, 4.69) is 4.90 Å². The third-order valence-corrected chi connectivity index (χ3v) is 3.92. The Kier molecular flexibility index (Phi) is 3.84. The quantitative estimate of drug-likeness (QED) is 0.816. The first-order valence-electron chi connectivity index (χ1n) is 6.94. The highest BCUT2D eigenvalue weighted by atomic mass is 16.5. The maximum atomic E-state index is 12.2. The number of amides is 1. The largest absolute Gasteiger partial charge is 0.468 e. The molecule has 3 rings (SSSR count). The summed E-state index contributed by atoms with van der Waals surface area (Å²) >= 11 is 0. The number of rotatable bonds is 3. The molecule has 2 aliphatic rings. The van der Waals surface area contributed by atoms with Gasteiger partial charge in [0.05, 0.1) is 25.3 Å². The van der Waals surface area contributed by atoms with Crippen LogP contribution in [0.4, 0.5) is 0 Å². The zero-order chi connectivity index (χ0) is 13.1. The lowest BCUT2D eigenvalue weighted by Gasteiger charge is -2.35. The first-order valence-corrected chi connectivity index (χ1v) is 6.94. The summed E-state index contributed by atoms with van der Waals surface area (Å²) in [6.45, 7) is 5.63. The molecule has 2 fully saturated rings. The minimum atomic E-state index is 0.0941. The molecule has 0 N–H and O–H groups in total. The second-order valence-electron chi connectivity index (χ2n) is 5.24. The molecule has 2 saturated heterocycles. The van der Waals surface area contributed by atoms with Crippen molar-refractivity contribution < 1.29 is 13.9 Å². The highest BCUT2D eigenvalue weighted by Crippen LogP contribution is 2.17. The molecular formula is C14H20N2O3. The van der Waals surface area contributed by atoms with Crippen LogP contribution in [-0.2, 0) is 16.1 Å². The van der Waals surface area contributed by atoms with Gasteiger partial charge >= 0.3 is 0 Å². The lowest BCUT2D eigenvalue weighted by Crippen LogP contribution is -2.50. The van der Waals surface area contributed by atoms with Gasteiger partial charge in [-0.3, -0.25) is 9.69 Å². The van der Waals surface area contributed by atoms with E-state index in [1.165, 1.54) is 0 Å². The highest BCUT2D eigenvalue weighted by Gasteiger charge is 2.30. The van der Waals surface area contributed by atoms with Gasteiger partial charge in [-0.25, -0.2) is 0 Å². The third kappa shape index (κ3) is 2.98. The average molecular weight is 264 g/mol. The smallest absolute Gasteiger partial charge is 0.228 e. The topological polar surface area (TPSA) is 45.9 Å². The highest BCUT2D eigenvalue weighted by molar-refractivity contribution is 5.79. The van der Waals surface area contributed by atoms with Crippen molar-refractivity contribution >= 4 is 5.91 Å². The van der Waals surface area contributed by atoms with Crippen molar-refractivity contribution in [1.82, 2.24) is 9.80 Å². The molecule has 19 heavy (non-hydrogen) atoms. The number of hydrogen-bond acceptors (Lipinski definition) is 4. The molecule has 0 spiro atoms. The van der Waals surface area contributed by atoms with E-state index < -0.39 is 0 Å². The van der Waals surface area contributed by atoms with E-state index in [-0.39, 0.29) is 11.8 Å². The molecule has 0 aliphatic carbocycles. The molecule has 104 valence electrons. The number of nitrogens with zero attached hydrogens (tertiary/aromatic N) is 2. The predicted octanol–water partition coefficient (Wildman–Crippen LogP) is 0.960. The van der Waals surface area contributed by atoms with Crippen molar-refractivity contribution in [2.75, 3.05) is 39.4 Å². The summed E-state index contributed by atoms with van der Waals surface area (Å²) in [6.07, 6.45) is 2.58. The first kappa shape index (κ1) is 12.7. The van der Waals surface area contributed by atoms with Crippen LogP contribution in [0, 0.1) is 5.92 Å². The monoisotopic (exact) mass is 264 g/mol. The molecule has 0 saturated carbocycles. The van der Waals surface area contributed by atoms with Crippen LogP contribution in [0.5, 0.6) is 0 Å². The van der Waals surface area contributed by atoms with Gasteiger partial charge in [-0.05, 0) is 18.6 Å². The van der Waals surface area contributed by atoms with E-state index in [9.17, 15) is 4.79 Å². The number of piperazine rings is 1. The summed E-state index contributed by atoms with van der Waals surface area (Å²) in [7, 11) is 0. The number of ether oxygens (including phenoxy) is 1. The van der Waals surface area contributed by atoms with E-state index in [1.807, 2.05) is 17.0 Å². The minimum Gasteiger partial charge on any atom is -0.468 e. The standard InChI is InChI=1S/C14H20N2O3/c17-14(12-3-9-18-11-12)16-6-4-15(5-7-16)10-13-2-1-8-19-13/h1-2,8,12H,3-7,9-11H2/t12-/m0/s1. The van der Waals surface area contributed by atoms with E-state index >= 15 is 0 Å². The molecule has 0 unspecified atom stereocenters. The Morgan fingerprint density at radius 1 is 1.32 bits per heavy atom. The summed E-state index contributed by atoms with van der Waals surface area (Å²) in [4.78, 5) is 16.5. The summed E-state index contributed by atoms with van der Waals surface area (Å²) in [5.74, 6) is 1.36. The average Bonchev–Trinajstić information content (AvgIpc) is 3.12. The molecule has 1 amide bonds. The predicted molar refractivity (Wildman–Crippen MR) is 69.5 cm³/mol. The number of furan rings is 1. The van der Waals surface area contributed by atoms with Crippen LogP contribution in [-0.4, -0.2) is 55.1 Å². The zero-order valence-corrected chi connectivity index (χ0v) is 11.1. The normalized spacial score (nSPS) is 24.8. The lowest BCUT2D eigenvalue weighted by atomic mass is 10.1. The van der Waals surface area contributed by atoms with Gasteiger partial charge in [0.25, 0.3) is 0 Å². The molecule has 0 aromatic carbocycles. The van der Waals surface area contributed by atoms with Crippen LogP contribution in [0.25, 0.3) is 0 Å². The van der Waals surface area contributed by atoms with Crippen molar-refractivity contribution in [3.63, 3.8) is 0 Å². The van der Waals surface area contributed by atoms with Gasteiger partial charge < -0.3 is 14.1 Å². The van der Waals surface area contributed by atoms with Gasteiger partial charge in [-0.2, -0.15) is 0 Å². The minimum absolute atomic E-state index is 0.0941. The Morgan fingerprint density at radius 2 is 2.16 bits per heavy atom. The van der Waals surface area contributed by atoms with Crippen molar-refractivity contribution in [3.05, 3.63) is 24.2 Å². The summed E-state index contributed by atoms with van der Waals surface area (Å²) < 4.78 is 10.6. The van der Waals surface area contributed by atoms with Gasteiger partial charge in [0.15, 0.2) is 0 Å². The molecule has 1 aromatic rings. The Balaban J connectivity index is 1.47. The third-order valence-electron chi connectivity index (χ3n) is 3.92. The second-order valence-corrected chi connectivity index (χ2v) is 5.24. The number of carbonyl (C=O) groups excluding carboxylic acids is 1. The van der Waals surface area contributed by atoms with Gasteiger partial charge in [-0.15, -0.1) is 0 Å². The van der Waals surface area contributed by atoms with Crippen LogP contribution in [0.3, 0.4) is 0 Å². The summed E-state index contributed by atoms with van der Waals surface area (Å²) in [5.41, 5.74) is 0. The van der Waals surface area contributed by atoms with Crippen molar-refractivity contribution in [1.29, 1.82) is 0 Å². The first-order chi connectivity index (χ1) is 9.33. The molecule has 0 radical (unpaired) electrons. The van der Waals surface area contributed by atoms with E-state index in [4.69, 9.17) is 9.15 Å². The Morgan fingerprint density at radius 3 is 2.79 bits per heavy atom. The number of carbonyl (C=O) groups is 1. The summed E-state index contributed by atoms with van der Waals surface area (Å²) in [5, 5.41) is 0. The second kappa shape index (κ2) is 5.75. The van der Waals surface area contributed by atoms with E-state index in [0.29, 0.717) is 6.61 Å². The molecule has 5 heteroatoms. The lowest BCUT2D eigenvalue weighted by molar-refractivity contribution is -0.137. The molecule has 0 bridgehead atoms. The number of hydrogen-bond donors (Lipinski definition) is 0. The van der Waals surface area contributed by atoms with Gasteiger partial charge in [0, 0.05) is 32.8 Å². The Bertz CT molecular complexity index is 404. The molecule has 1 aromatic heterocycles.